The van der Waals surface area contributed by atoms with Crippen LogP contribution in [0.4, 0.5) is 0 Å². The first-order valence-corrected chi connectivity index (χ1v) is 11.1. The number of rotatable bonds is 8. The number of aliphatic hydroxyl groups excluding tert-OH is 1. The lowest BCUT2D eigenvalue weighted by atomic mass is 9.92. The van der Waals surface area contributed by atoms with E-state index in [0.717, 1.165) is 5.56 Å². The van der Waals surface area contributed by atoms with Crippen LogP contribution >= 0.6 is 0 Å². The van der Waals surface area contributed by atoms with Gasteiger partial charge >= 0.3 is 0 Å². The van der Waals surface area contributed by atoms with Crippen molar-refractivity contribution in [1.29, 1.82) is 0 Å². The molecule has 4 aromatic carbocycles. The first-order chi connectivity index (χ1) is 17.1. The summed E-state index contributed by atoms with van der Waals surface area (Å²) in [6.07, 6.45) is 1.73. The van der Waals surface area contributed by atoms with Gasteiger partial charge in [-0.25, -0.2) is 14.3 Å². The predicted molar refractivity (Wildman–Crippen MR) is 130 cm³/mol. The zero-order valence-corrected chi connectivity index (χ0v) is 18.6. The fraction of sp³-hybridized carbons (Fsp3) is 0.160. The van der Waals surface area contributed by atoms with Gasteiger partial charge in [0, 0.05) is 0 Å². The molecule has 0 aliphatic rings. The van der Waals surface area contributed by atoms with Crippen LogP contribution in [0.25, 0.3) is 43.8 Å². The second-order valence-electron chi connectivity index (χ2n) is 8.27. The normalized spacial score (nSPS) is 11.8. The minimum absolute atomic E-state index is 0.0562. The lowest BCUT2D eigenvalue weighted by Crippen LogP contribution is -2.20. The van der Waals surface area contributed by atoms with E-state index in [0.29, 0.717) is 12.2 Å². The van der Waals surface area contributed by atoms with E-state index in [1.54, 1.807) is 10.9 Å². The molecule has 1 amide bonds. The van der Waals surface area contributed by atoms with E-state index in [1.807, 2.05) is 0 Å². The van der Waals surface area contributed by atoms with Gasteiger partial charge in [0.1, 0.15) is 6.73 Å². The number of nitrogens with zero attached hydrogens (tertiary/aromatic N) is 6. The summed E-state index contributed by atoms with van der Waals surface area (Å²) in [5.41, 5.74) is 6.94. The highest BCUT2D eigenvalue weighted by Gasteiger charge is 2.19. The van der Waals surface area contributed by atoms with Crippen LogP contribution in [0.3, 0.4) is 0 Å². The molecule has 0 spiro atoms. The number of amides is 1. The van der Waals surface area contributed by atoms with Crippen molar-refractivity contribution in [3.8, 4) is 11.5 Å². The van der Waals surface area contributed by atoms with Gasteiger partial charge in [-0.2, -0.15) is 0 Å². The van der Waals surface area contributed by atoms with E-state index in [9.17, 15) is 4.79 Å². The topological polar surface area (TPSA) is 134 Å². The largest absolute Gasteiger partial charge is 0.394 e. The Morgan fingerprint density at radius 2 is 1.74 bits per heavy atom. The lowest BCUT2D eigenvalue weighted by molar-refractivity contribution is 0.0399. The van der Waals surface area contributed by atoms with Crippen LogP contribution in [0.15, 0.2) is 60.8 Å². The highest BCUT2D eigenvalue weighted by Crippen LogP contribution is 2.36. The predicted octanol–water partition coefficient (Wildman–Crippen LogP) is 2.55. The summed E-state index contributed by atoms with van der Waals surface area (Å²) in [6, 6.07) is 19.2. The summed E-state index contributed by atoms with van der Waals surface area (Å²) in [5, 5.41) is 28.9. The summed E-state index contributed by atoms with van der Waals surface area (Å²) in [4.78, 5) is 16.0. The van der Waals surface area contributed by atoms with Gasteiger partial charge in [0.15, 0.2) is 5.69 Å². The number of primary amides is 1. The fourth-order valence-electron chi connectivity index (χ4n) is 4.52. The number of hydrogen-bond donors (Lipinski definition) is 2. The van der Waals surface area contributed by atoms with E-state index in [-0.39, 0.29) is 31.6 Å². The van der Waals surface area contributed by atoms with Crippen LogP contribution in [0, 0.1) is 0 Å². The number of carbonyl (C=O) groups excluding carboxylic acids is 1. The van der Waals surface area contributed by atoms with Gasteiger partial charge in [-0.15, -0.1) is 10.2 Å². The van der Waals surface area contributed by atoms with Gasteiger partial charge in [-0.1, -0.05) is 59.8 Å². The molecule has 0 aliphatic carbocycles. The number of aromatic nitrogens is 6. The summed E-state index contributed by atoms with van der Waals surface area (Å²) >= 11 is 0. The second-order valence-corrected chi connectivity index (χ2v) is 8.27. The quantitative estimate of drug-likeness (QED) is 0.259. The molecule has 6 rings (SSSR count). The Labute approximate surface area is 198 Å². The first-order valence-electron chi connectivity index (χ1n) is 11.1. The van der Waals surface area contributed by atoms with Crippen LogP contribution in [0.1, 0.15) is 16.2 Å². The van der Waals surface area contributed by atoms with Crippen molar-refractivity contribution in [2.45, 2.75) is 13.3 Å². The number of hydrogen-bond acceptors (Lipinski definition) is 7. The maximum absolute atomic E-state index is 11.8. The average Bonchev–Trinajstić information content (AvgIpc) is 3.51. The number of aliphatic hydroxyl groups is 1. The SMILES string of the molecule is NC(=O)c1nc(-c2cn(Cc3ccc4ccc5cccc6ccc3c4c56)nn2)nn1COCCO. The van der Waals surface area contributed by atoms with Gasteiger partial charge in [0.2, 0.25) is 11.6 Å². The maximum atomic E-state index is 11.8. The zero-order chi connectivity index (χ0) is 23.9. The Balaban J connectivity index is 1.34. The van der Waals surface area contributed by atoms with Crippen molar-refractivity contribution in [3.05, 3.63) is 72.2 Å². The van der Waals surface area contributed by atoms with Gasteiger partial charge in [0.05, 0.1) is 26.0 Å². The highest BCUT2D eigenvalue weighted by atomic mass is 16.5. The molecule has 0 aliphatic heterocycles. The molecule has 0 fully saturated rings. The number of carbonyl (C=O) groups is 1. The molecule has 174 valence electrons. The van der Waals surface area contributed by atoms with Crippen LogP contribution in [-0.2, 0) is 18.0 Å². The van der Waals surface area contributed by atoms with Crippen molar-refractivity contribution in [3.63, 3.8) is 0 Å². The summed E-state index contributed by atoms with van der Waals surface area (Å²) < 4.78 is 8.20. The monoisotopic (exact) mass is 467 g/mol. The smallest absolute Gasteiger partial charge is 0.286 e. The number of benzene rings is 4. The molecule has 2 heterocycles. The maximum Gasteiger partial charge on any atom is 0.286 e. The Bertz CT molecular complexity index is 1670. The van der Waals surface area contributed by atoms with E-state index in [2.05, 4.69) is 75.0 Å². The van der Waals surface area contributed by atoms with Gasteiger partial charge in [0.25, 0.3) is 5.91 Å². The third-order valence-corrected chi connectivity index (χ3v) is 6.06. The molecule has 0 atom stereocenters. The minimum atomic E-state index is -0.739. The molecule has 0 saturated carbocycles. The molecule has 3 N–H and O–H groups in total. The lowest BCUT2D eigenvalue weighted by Gasteiger charge is -2.13. The Hall–Kier alpha value is -4.41. The molecule has 0 radical (unpaired) electrons. The second kappa shape index (κ2) is 8.42. The van der Waals surface area contributed by atoms with Gasteiger partial charge < -0.3 is 15.6 Å². The molecule has 0 unspecified atom stereocenters. The van der Waals surface area contributed by atoms with Gasteiger partial charge in [-0.05, 0) is 37.9 Å². The van der Waals surface area contributed by atoms with E-state index >= 15 is 0 Å². The van der Waals surface area contributed by atoms with Crippen molar-refractivity contribution in [2.75, 3.05) is 13.2 Å². The van der Waals surface area contributed by atoms with Gasteiger partial charge in [-0.3, -0.25) is 4.79 Å². The first kappa shape index (κ1) is 21.1. The summed E-state index contributed by atoms with van der Waals surface area (Å²) in [6.45, 7) is 0.389. The molecule has 10 heteroatoms. The summed E-state index contributed by atoms with van der Waals surface area (Å²) in [5.74, 6) is -0.579. The molecular weight excluding hydrogens is 446 g/mol. The van der Waals surface area contributed by atoms with E-state index in [4.69, 9.17) is 15.6 Å². The average molecular weight is 467 g/mol. The Kier molecular flexibility index (Phi) is 5.09. The molecule has 0 bridgehead atoms. The molecule has 2 aromatic heterocycles. The number of nitrogens with two attached hydrogens (primary N) is 1. The van der Waals surface area contributed by atoms with Crippen LogP contribution in [-0.4, -0.2) is 54.0 Å². The van der Waals surface area contributed by atoms with Crippen molar-refractivity contribution < 1.29 is 14.6 Å². The molecule has 0 saturated heterocycles. The minimum Gasteiger partial charge on any atom is -0.394 e. The number of ether oxygens (including phenoxy) is 1. The molecule has 6 aromatic rings. The van der Waals surface area contributed by atoms with Crippen molar-refractivity contribution in [1.82, 2.24) is 29.8 Å². The molecular formula is C25H21N7O3. The third kappa shape index (κ3) is 3.65. The third-order valence-electron chi connectivity index (χ3n) is 6.06. The zero-order valence-electron chi connectivity index (χ0n) is 18.6. The summed E-state index contributed by atoms with van der Waals surface area (Å²) in [7, 11) is 0. The Morgan fingerprint density at radius 3 is 2.51 bits per heavy atom. The van der Waals surface area contributed by atoms with E-state index < -0.39 is 5.91 Å². The van der Waals surface area contributed by atoms with Crippen molar-refractivity contribution in [2.24, 2.45) is 5.73 Å². The van der Waals surface area contributed by atoms with Crippen molar-refractivity contribution >= 4 is 38.2 Å². The van der Waals surface area contributed by atoms with Crippen LogP contribution in [0.5, 0.6) is 0 Å². The highest BCUT2D eigenvalue weighted by molar-refractivity contribution is 6.23. The Morgan fingerprint density at radius 1 is 1.00 bits per heavy atom. The van der Waals surface area contributed by atoms with Crippen LogP contribution < -0.4 is 5.73 Å². The standard InChI is InChI=1S/C25H21N7O3/c26-23(34)25-27-24(29-32(25)14-35-11-10-33)20-13-31(30-28-20)12-18-7-6-17-5-4-15-2-1-3-16-8-9-19(18)22(17)21(15)16/h1-9,13,33H,10-12,14H2,(H2,26,34). The van der Waals surface area contributed by atoms with Crippen LogP contribution in [0.2, 0.25) is 0 Å². The fourth-order valence-corrected chi connectivity index (χ4v) is 4.52. The molecule has 35 heavy (non-hydrogen) atoms. The molecule has 10 nitrogen and oxygen atoms in total. The van der Waals surface area contributed by atoms with E-state index in [1.165, 1.54) is 37.0 Å².